The Kier molecular flexibility index (Phi) is 5.40. The van der Waals surface area contributed by atoms with Crippen LogP contribution in [-0.4, -0.2) is 33.6 Å². The molecule has 1 N–H and O–H groups in total. The number of rotatable bonds is 5. The van der Waals surface area contributed by atoms with Crippen molar-refractivity contribution in [2.24, 2.45) is 5.92 Å². The molecule has 0 aromatic heterocycles. The maximum absolute atomic E-state index is 5.61. The summed E-state index contributed by atoms with van der Waals surface area (Å²) in [5.41, 5.74) is 1.26. The average Bonchev–Trinajstić information content (AvgIpc) is 2.47. The summed E-state index contributed by atoms with van der Waals surface area (Å²) >= 11 is 1.71. The van der Waals surface area contributed by atoms with Gasteiger partial charge in [0.05, 0.1) is 19.1 Å². The van der Waals surface area contributed by atoms with Crippen LogP contribution in [0.2, 0.25) is 0 Å². The molecule has 0 spiro atoms. The second-order valence-corrected chi connectivity index (χ2v) is 5.79. The van der Waals surface area contributed by atoms with Gasteiger partial charge in [-0.05, 0) is 62.2 Å². The lowest BCUT2D eigenvalue weighted by molar-refractivity contribution is 0.357. The topological polar surface area (TPSA) is 30.5 Å². The highest BCUT2D eigenvalue weighted by Crippen LogP contribution is 2.37. The zero-order valence-corrected chi connectivity index (χ0v) is 12.8. The van der Waals surface area contributed by atoms with E-state index in [2.05, 4.69) is 17.6 Å². The zero-order chi connectivity index (χ0) is 13.7. The first-order chi connectivity index (χ1) is 9.28. The zero-order valence-electron chi connectivity index (χ0n) is 12.0. The number of thioether (sulfide) groups is 1. The Morgan fingerprint density at radius 3 is 2.74 bits per heavy atom. The Balaban J connectivity index is 2.25. The molecule has 2 rings (SSSR count). The molecule has 0 bridgehead atoms. The first-order valence-corrected chi connectivity index (χ1v) is 8.00. The summed E-state index contributed by atoms with van der Waals surface area (Å²) < 4.78 is 11.0. The first kappa shape index (κ1) is 14.5. The minimum Gasteiger partial charge on any atom is -0.497 e. The van der Waals surface area contributed by atoms with Gasteiger partial charge < -0.3 is 14.8 Å². The van der Waals surface area contributed by atoms with Crippen molar-refractivity contribution in [1.29, 1.82) is 0 Å². The Labute approximate surface area is 120 Å². The number of hydrogen-bond acceptors (Lipinski definition) is 4. The van der Waals surface area contributed by atoms with Crippen molar-refractivity contribution in [1.82, 2.24) is 5.32 Å². The molecule has 1 aromatic carbocycles. The van der Waals surface area contributed by atoms with Crippen LogP contribution in [0.3, 0.4) is 0 Å². The van der Waals surface area contributed by atoms with Crippen LogP contribution in [0.5, 0.6) is 11.5 Å². The van der Waals surface area contributed by atoms with Gasteiger partial charge in [0.15, 0.2) is 0 Å². The van der Waals surface area contributed by atoms with Crippen LogP contribution in [0.4, 0.5) is 0 Å². The van der Waals surface area contributed by atoms with E-state index in [0.29, 0.717) is 5.92 Å². The number of methoxy groups -OCH3 is 2. The molecule has 1 heterocycles. The fraction of sp³-hybridized carbons (Fsp3) is 0.600. The second kappa shape index (κ2) is 7.06. The standard InChI is InChI=1S/C15H23NO2S/c1-17-13-8-12(7-11-5-4-6-16-10-11)15(18-2)14(9-13)19-3/h8-9,11,16H,4-7,10H2,1-3H3. The molecule has 1 unspecified atom stereocenters. The fourth-order valence-electron chi connectivity index (χ4n) is 2.69. The number of ether oxygens (including phenoxy) is 2. The van der Waals surface area contributed by atoms with Gasteiger partial charge in [-0.2, -0.15) is 0 Å². The largest absolute Gasteiger partial charge is 0.497 e. The normalized spacial score (nSPS) is 19.2. The van der Waals surface area contributed by atoms with Crippen LogP contribution in [0, 0.1) is 5.92 Å². The van der Waals surface area contributed by atoms with Crippen LogP contribution in [0.25, 0.3) is 0 Å². The third-order valence-electron chi connectivity index (χ3n) is 3.67. The lowest BCUT2D eigenvalue weighted by atomic mass is 9.92. The predicted octanol–water partition coefficient (Wildman–Crippen LogP) is 2.97. The minimum absolute atomic E-state index is 0.699. The molecule has 1 aromatic rings. The molecule has 0 amide bonds. The van der Waals surface area contributed by atoms with E-state index < -0.39 is 0 Å². The highest BCUT2D eigenvalue weighted by atomic mass is 32.2. The summed E-state index contributed by atoms with van der Waals surface area (Å²) in [6.45, 7) is 2.26. The molecular weight excluding hydrogens is 258 g/mol. The molecule has 0 aliphatic carbocycles. The highest BCUT2D eigenvalue weighted by molar-refractivity contribution is 7.98. The predicted molar refractivity (Wildman–Crippen MR) is 80.6 cm³/mol. The molecule has 1 aliphatic heterocycles. The highest BCUT2D eigenvalue weighted by Gasteiger charge is 2.18. The maximum Gasteiger partial charge on any atom is 0.135 e. The smallest absolute Gasteiger partial charge is 0.135 e. The maximum atomic E-state index is 5.61. The van der Waals surface area contributed by atoms with Crippen LogP contribution in [0.1, 0.15) is 18.4 Å². The molecule has 1 aliphatic rings. The van der Waals surface area contributed by atoms with Gasteiger partial charge in [-0.1, -0.05) is 0 Å². The summed E-state index contributed by atoms with van der Waals surface area (Å²) in [6, 6.07) is 4.17. The van der Waals surface area contributed by atoms with Gasteiger partial charge in [0.25, 0.3) is 0 Å². The van der Waals surface area contributed by atoms with Crippen molar-refractivity contribution < 1.29 is 9.47 Å². The Hall–Kier alpha value is -0.870. The van der Waals surface area contributed by atoms with E-state index in [-0.39, 0.29) is 0 Å². The monoisotopic (exact) mass is 281 g/mol. The molecule has 106 valence electrons. The molecule has 19 heavy (non-hydrogen) atoms. The summed E-state index contributed by atoms with van der Waals surface area (Å²) in [5.74, 6) is 2.63. The lowest BCUT2D eigenvalue weighted by Crippen LogP contribution is -2.30. The number of nitrogens with one attached hydrogen (secondary N) is 1. The van der Waals surface area contributed by atoms with E-state index in [4.69, 9.17) is 9.47 Å². The molecule has 1 fully saturated rings. The van der Waals surface area contributed by atoms with Crippen LogP contribution >= 0.6 is 11.8 Å². The van der Waals surface area contributed by atoms with Gasteiger partial charge in [0.2, 0.25) is 0 Å². The van der Waals surface area contributed by atoms with E-state index in [1.54, 1.807) is 26.0 Å². The van der Waals surface area contributed by atoms with Gasteiger partial charge in [-0.3, -0.25) is 0 Å². The van der Waals surface area contributed by atoms with Crippen molar-refractivity contribution in [2.45, 2.75) is 24.2 Å². The molecule has 3 nitrogen and oxygen atoms in total. The van der Waals surface area contributed by atoms with E-state index in [0.717, 1.165) is 35.9 Å². The fourth-order valence-corrected chi connectivity index (χ4v) is 3.33. The van der Waals surface area contributed by atoms with Crippen molar-refractivity contribution in [3.05, 3.63) is 17.7 Å². The third-order valence-corrected chi connectivity index (χ3v) is 4.42. The number of benzene rings is 1. The van der Waals surface area contributed by atoms with Crippen LogP contribution < -0.4 is 14.8 Å². The molecule has 1 atom stereocenters. The molecular formula is C15H23NO2S. The molecule has 0 saturated carbocycles. The van der Waals surface area contributed by atoms with E-state index in [9.17, 15) is 0 Å². The van der Waals surface area contributed by atoms with Crippen molar-refractivity contribution in [3.63, 3.8) is 0 Å². The van der Waals surface area contributed by atoms with Crippen molar-refractivity contribution in [3.8, 4) is 11.5 Å². The molecule has 4 heteroatoms. The van der Waals surface area contributed by atoms with Crippen molar-refractivity contribution >= 4 is 11.8 Å². The van der Waals surface area contributed by atoms with Crippen LogP contribution in [-0.2, 0) is 6.42 Å². The Bertz CT molecular complexity index is 417. The van der Waals surface area contributed by atoms with Crippen molar-refractivity contribution in [2.75, 3.05) is 33.6 Å². The lowest BCUT2D eigenvalue weighted by Gasteiger charge is -2.24. The van der Waals surface area contributed by atoms with E-state index >= 15 is 0 Å². The quantitative estimate of drug-likeness (QED) is 0.841. The Morgan fingerprint density at radius 1 is 1.32 bits per heavy atom. The summed E-state index contributed by atoms with van der Waals surface area (Å²) in [6.07, 6.45) is 5.69. The van der Waals surface area contributed by atoms with E-state index in [1.165, 1.54) is 18.4 Å². The van der Waals surface area contributed by atoms with Crippen LogP contribution in [0.15, 0.2) is 17.0 Å². The third kappa shape index (κ3) is 3.57. The molecule has 1 saturated heterocycles. The summed E-state index contributed by atoms with van der Waals surface area (Å²) in [4.78, 5) is 1.15. The van der Waals surface area contributed by atoms with Gasteiger partial charge in [0, 0.05) is 0 Å². The number of piperidine rings is 1. The first-order valence-electron chi connectivity index (χ1n) is 6.78. The van der Waals surface area contributed by atoms with Gasteiger partial charge in [-0.15, -0.1) is 11.8 Å². The summed E-state index contributed by atoms with van der Waals surface area (Å²) in [7, 11) is 3.47. The number of hydrogen-bond donors (Lipinski definition) is 1. The minimum atomic E-state index is 0.699. The Morgan fingerprint density at radius 2 is 2.16 bits per heavy atom. The summed E-state index contributed by atoms with van der Waals surface area (Å²) in [5, 5.41) is 3.47. The van der Waals surface area contributed by atoms with Gasteiger partial charge in [0.1, 0.15) is 11.5 Å². The van der Waals surface area contributed by atoms with Gasteiger partial charge >= 0.3 is 0 Å². The average molecular weight is 281 g/mol. The SMILES string of the molecule is COc1cc(CC2CCCNC2)c(OC)c(SC)c1. The second-order valence-electron chi connectivity index (χ2n) is 4.94. The van der Waals surface area contributed by atoms with Gasteiger partial charge in [-0.25, -0.2) is 0 Å². The van der Waals surface area contributed by atoms with E-state index in [1.807, 2.05) is 6.07 Å². The molecule has 0 radical (unpaired) electrons.